The second kappa shape index (κ2) is 5.97. The summed E-state index contributed by atoms with van der Waals surface area (Å²) >= 11 is 0. The van der Waals surface area contributed by atoms with E-state index in [2.05, 4.69) is 5.32 Å². The first kappa shape index (κ1) is 16.6. The highest BCUT2D eigenvalue weighted by atomic mass is 19.1. The van der Waals surface area contributed by atoms with E-state index in [1.807, 2.05) is 0 Å². The standard InChI is InChI=1S/C17H14FN3O4/c1-17(12-6-8-13(18)9-7-12)15(22)20(16(23)19-17)10-11-4-2-3-5-14(11)21(24)25/h2-9H,10H2,1H3,(H,19,23). The fraction of sp³-hybridized carbons (Fsp3) is 0.176. The number of rotatable bonds is 4. The van der Waals surface area contributed by atoms with Gasteiger partial charge < -0.3 is 5.32 Å². The molecule has 0 radical (unpaired) electrons. The van der Waals surface area contributed by atoms with Gasteiger partial charge in [0.15, 0.2) is 0 Å². The highest BCUT2D eigenvalue weighted by Crippen LogP contribution is 2.31. The zero-order valence-electron chi connectivity index (χ0n) is 13.2. The molecule has 0 spiro atoms. The van der Waals surface area contributed by atoms with Crippen molar-refractivity contribution in [1.29, 1.82) is 0 Å². The first-order chi connectivity index (χ1) is 11.8. The Labute approximate surface area is 142 Å². The number of nitro groups is 1. The normalized spacial score (nSPS) is 19.8. The molecule has 1 N–H and O–H groups in total. The maximum absolute atomic E-state index is 13.1. The molecular weight excluding hydrogens is 329 g/mol. The molecule has 1 aliphatic rings. The zero-order valence-corrected chi connectivity index (χ0v) is 13.2. The second-order valence-electron chi connectivity index (χ2n) is 5.84. The van der Waals surface area contributed by atoms with E-state index in [0.29, 0.717) is 5.56 Å². The fourth-order valence-electron chi connectivity index (χ4n) is 2.81. The number of halogens is 1. The number of imide groups is 1. The van der Waals surface area contributed by atoms with Crippen molar-refractivity contribution in [3.8, 4) is 0 Å². The molecule has 1 heterocycles. The molecule has 0 bridgehead atoms. The lowest BCUT2D eigenvalue weighted by atomic mass is 9.92. The monoisotopic (exact) mass is 343 g/mol. The molecule has 1 fully saturated rings. The number of para-hydroxylation sites is 1. The van der Waals surface area contributed by atoms with Crippen molar-refractivity contribution in [2.24, 2.45) is 0 Å². The van der Waals surface area contributed by atoms with Crippen LogP contribution >= 0.6 is 0 Å². The number of amides is 3. The summed E-state index contributed by atoms with van der Waals surface area (Å²) in [5.74, 6) is -1.01. The Morgan fingerprint density at radius 1 is 1.16 bits per heavy atom. The summed E-state index contributed by atoms with van der Waals surface area (Å²) in [6, 6.07) is 10.5. The number of nitrogens with zero attached hydrogens (tertiary/aromatic N) is 2. The Hall–Kier alpha value is -3.29. The average molecular weight is 343 g/mol. The van der Waals surface area contributed by atoms with Crippen molar-refractivity contribution < 1.29 is 18.9 Å². The molecule has 3 rings (SSSR count). The summed E-state index contributed by atoms with van der Waals surface area (Å²) in [5, 5.41) is 13.7. The van der Waals surface area contributed by atoms with Crippen LogP contribution in [0.15, 0.2) is 48.5 Å². The number of benzene rings is 2. The summed E-state index contributed by atoms with van der Waals surface area (Å²) < 4.78 is 13.1. The van der Waals surface area contributed by atoms with E-state index in [1.54, 1.807) is 6.07 Å². The van der Waals surface area contributed by atoms with Gasteiger partial charge in [-0.1, -0.05) is 30.3 Å². The Morgan fingerprint density at radius 2 is 1.80 bits per heavy atom. The molecule has 0 saturated carbocycles. The molecule has 3 amide bonds. The van der Waals surface area contributed by atoms with Gasteiger partial charge in [0.05, 0.1) is 11.5 Å². The van der Waals surface area contributed by atoms with Crippen molar-refractivity contribution in [2.45, 2.75) is 19.0 Å². The number of hydrogen-bond donors (Lipinski definition) is 1. The van der Waals surface area contributed by atoms with E-state index in [4.69, 9.17) is 0 Å². The average Bonchev–Trinajstić information content (AvgIpc) is 2.80. The highest BCUT2D eigenvalue weighted by molar-refractivity contribution is 6.07. The van der Waals surface area contributed by atoms with Crippen molar-refractivity contribution >= 4 is 17.6 Å². The van der Waals surface area contributed by atoms with Gasteiger partial charge in [0, 0.05) is 11.6 Å². The summed E-state index contributed by atoms with van der Waals surface area (Å²) in [6.45, 7) is 1.29. The van der Waals surface area contributed by atoms with Crippen LogP contribution in [0.1, 0.15) is 18.1 Å². The first-order valence-corrected chi connectivity index (χ1v) is 7.45. The van der Waals surface area contributed by atoms with Crippen molar-refractivity contribution in [3.05, 3.63) is 75.6 Å². The van der Waals surface area contributed by atoms with Gasteiger partial charge in [0.1, 0.15) is 11.4 Å². The van der Waals surface area contributed by atoms with E-state index < -0.39 is 28.2 Å². The quantitative estimate of drug-likeness (QED) is 0.525. The largest absolute Gasteiger partial charge is 0.325 e. The number of nitro benzene ring substituents is 1. The Kier molecular flexibility index (Phi) is 3.96. The Bertz CT molecular complexity index is 868. The lowest BCUT2D eigenvalue weighted by Gasteiger charge is -2.22. The van der Waals surface area contributed by atoms with Crippen LogP contribution < -0.4 is 5.32 Å². The van der Waals surface area contributed by atoms with E-state index in [-0.39, 0.29) is 17.8 Å². The molecule has 8 heteroatoms. The molecule has 2 aromatic carbocycles. The maximum Gasteiger partial charge on any atom is 0.325 e. The first-order valence-electron chi connectivity index (χ1n) is 7.45. The third-order valence-electron chi connectivity index (χ3n) is 4.21. The van der Waals surface area contributed by atoms with Crippen LogP contribution in [0, 0.1) is 15.9 Å². The minimum absolute atomic E-state index is 0.168. The molecular formula is C17H14FN3O4. The molecule has 128 valence electrons. The van der Waals surface area contributed by atoms with Gasteiger partial charge in [-0.15, -0.1) is 0 Å². The Morgan fingerprint density at radius 3 is 2.44 bits per heavy atom. The fourth-order valence-corrected chi connectivity index (χ4v) is 2.81. The molecule has 1 atom stereocenters. The van der Waals surface area contributed by atoms with Crippen LogP contribution in [0.5, 0.6) is 0 Å². The lowest BCUT2D eigenvalue weighted by Crippen LogP contribution is -2.40. The van der Waals surface area contributed by atoms with E-state index >= 15 is 0 Å². The zero-order chi connectivity index (χ0) is 18.2. The molecule has 2 aromatic rings. The Balaban J connectivity index is 1.92. The van der Waals surface area contributed by atoms with Crippen LogP contribution in [0.2, 0.25) is 0 Å². The second-order valence-corrected chi connectivity index (χ2v) is 5.84. The van der Waals surface area contributed by atoms with Gasteiger partial charge in [-0.25, -0.2) is 9.18 Å². The minimum Gasteiger partial charge on any atom is -0.319 e. The lowest BCUT2D eigenvalue weighted by molar-refractivity contribution is -0.385. The molecule has 1 unspecified atom stereocenters. The van der Waals surface area contributed by atoms with Gasteiger partial charge >= 0.3 is 6.03 Å². The van der Waals surface area contributed by atoms with Gasteiger partial charge in [-0.2, -0.15) is 0 Å². The van der Waals surface area contributed by atoms with Crippen LogP contribution in [0.4, 0.5) is 14.9 Å². The van der Waals surface area contributed by atoms with Gasteiger partial charge in [-0.05, 0) is 24.6 Å². The molecule has 1 saturated heterocycles. The van der Waals surface area contributed by atoms with Crippen LogP contribution in [0.3, 0.4) is 0 Å². The topological polar surface area (TPSA) is 92.6 Å². The molecule has 1 aliphatic heterocycles. The predicted octanol–water partition coefficient (Wildman–Crippen LogP) is 2.70. The van der Waals surface area contributed by atoms with Crippen LogP contribution in [0.25, 0.3) is 0 Å². The summed E-state index contributed by atoms with van der Waals surface area (Å²) in [5.41, 5.74) is -0.843. The predicted molar refractivity (Wildman–Crippen MR) is 85.9 cm³/mol. The van der Waals surface area contributed by atoms with Gasteiger partial charge in [-0.3, -0.25) is 19.8 Å². The van der Waals surface area contributed by atoms with E-state index in [9.17, 15) is 24.1 Å². The smallest absolute Gasteiger partial charge is 0.319 e. The van der Waals surface area contributed by atoms with E-state index in [1.165, 1.54) is 49.4 Å². The highest BCUT2D eigenvalue weighted by Gasteiger charge is 2.49. The van der Waals surface area contributed by atoms with Crippen molar-refractivity contribution in [1.82, 2.24) is 10.2 Å². The summed E-state index contributed by atoms with van der Waals surface area (Å²) in [7, 11) is 0. The molecule has 0 aliphatic carbocycles. The van der Waals surface area contributed by atoms with E-state index in [0.717, 1.165) is 4.90 Å². The maximum atomic E-state index is 13.1. The van der Waals surface area contributed by atoms with Gasteiger partial charge in [0.2, 0.25) is 0 Å². The van der Waals surface area contributed by atoms with Crippen molar-refractivity contribution in [2.75, 3.05) is 0 Å². The minimum atomic E-state index is -1.35. The SMILES string of the molecule is CC1(c2ccc(F)cc2)NC(=O)N(Cc2ccccc2[N+](=O)[O-])C1=O. The summed E-state index contributed by atoms with van der Waals surface area (Å²) in [6.07, 6.45) is 0. The number of carbonyl (C=O) groups excluding carboxylic acids is 2. The molecule has 25 heavy (non-hydrogen) atoms. The third-order valence-corrected chi connectivity index (χ3v) is 4.21. The molecule has 0 aromatic heterocycles. The van der Waals surface area contributed by atoms with Crippen molar-refractivity contribution in [3.63, 3.8) is 0 Å². The number of nitrogens with one attached hydrogen (secondary N) is 1. The third kappa shape index (κ3) is 2.82. The van der Waals surface area contributed by atoms with Crippen LogP contribution in [-0.4, -0.2) is 21.8 Å². The number of carbonyl (C=O) groups is 2. The van der Waals surface area contributed by atoms with Crippen LogP contribution in [-0.2, 0) is 16.9 Å². The number of hydrogen-bond acceptors (Lipinski definition) is 4. The molecule has 7 nitrogen and oxygen atoms in total. The summed E-state index contributed by atoms with van der Waals surface area (Å²) in [4.78, 5) is 36.5. The number of urea groups is 1. The van der Waals surface area contributed by atoms with Gasteiger partial charge in [0.25, 0.3) is 11.6 Å².